The minimum Gasteiger partial charge on any atom is -0.493 e. The van der Waals surface area contributed by atoms with Gasteiger partial charge in [0.05, 0.1) is 11.5 Å². The van der Waals surface area contributed by atoms with Gasteiger partial charge >= 0.3 is 11.7 Å². The first kappa shape index (κ1) is 17.9. The molecule has 0 N–H and O–H groups in total. The average Bonchev–Trinajstić information content (AvgIpc) is 2.35. The van der Waals surface area contributed by atoms with Crippen LogP contribution in [0.4, 0.5) is 10.1 Å². The van der Waals surface area contributed by atoms with Crippen LogP contribution in [0.5, 0.6) is 5.75 Å². The third-order valence-corrected chi connectivity index (χ3v) is 2.58. The van der Waals surface area contributed by atoms with Gasteiger partial charge in [-0.2, -0.15) is 4.39 Å². The highest BCUT2D eigenvalue weighted by Gasteiger charge is 2.16. The van der Waals surface area contributed by atoms with Gasteiger partial charge in [-0.25, -0.2) is 0 Å². The van der Waals surface area contributed by atoms with Crippen molar-refractivity contribution < 1.29 is 23.6 Å². The Kier molecular flexibility index (Phi) is 6.27. The number of hydrogen-bond donors (Lipinski definition) is 0. The zero-order valence-corrected chi connectivity index (χ0v) is 12.9. The van der Waals surface area contributed by atoms with E-state index in [2.05, 4.69) is 0 Å². The third kappa shape index (κ3) is 6.51. The number of carbonyl (C=O) groups is 1. The van der Waals surface area contributed by atoms with Crippen molar-refractivity contribution >= 4 is 11.7 Å². The Labute approximate surface area is 128 Å². The van der Waals surface area contributed by atoms with Gasteiger partial charge < -0.3 is 9.47 Å². The van der Waals surface area contributed by atoms with Gasteiger partial charge in [-0.05, 0) is 39.7 Å². The molecule has 1 aromatic rings. The van der Waals surface area contributed by atoms with Gasteiger partial charge in [-0.1, -0.05) is 0 Å². The molecule has 0 spiro atoms. The quantitative estimate of drug-likeness (QED) is 0.332. The van der Waals surface area contributed by atoms with E-state index in [1.165, 1.54) is 6.07 Å². The van der Waals surface area contributed by atoms with E-state index in [9.17, 15) is 19.3 Å². The van der Waals surface area contributed by atoms with Gasteiger partial charge in [-0.3, -0.25) is 14.9 Å². The topological polar surface area (TPSA) is 78.7 Å². The normalized spacial score (nSPS) is 11.1. The Morgan fingerprint density at radius 1 is 1.32 bits per heavy atom. The molecule has 7 heteroatoms. The SMILES string of the molecule is CC(C)(C)OC(=O)CCCCOc1ccc([N+](=O)[O-])c(F)c1. The summed E-state index contributed by atoms with van der Waals surface area (Å²) in [6, 6.07) is 3.38. The van der Waals surface area contributed by atoms with Crippen molar-refractivity contribution in [1.82, 2.24) is 0 Å². The molecule has 0 aromatic heterocycles. The number of esters is 1. The van der Waals surface area contributed by atoms with Gasteiger partial charge in [-0.15, -0.1) is 0 Å². The van der Waals surface area contributed by atoms with E-state index in [0.717, 1.165) is 12.1 Å². The smallest absolute Gasteiger partial charge is 0.306 e. The van der Waals surface area contributed by atoms with Gasteiger partial charge in [0.2, 0.25) is 5.82 Å². The zero-order chi connectivity index (χ0) is 16.8. The van der Waals surface area contributed by atoms with E-state index in [1.54, 1.807) is 20.8 Å². The molecule has 1 rings (SSSR count). The van der Waals surface area contributed by atoms with Crippen molar-refractivity contribution in [3.63, 3.8) is 0 Å². The molecule has 0 saturated carbocycles. The van der Waals surface area contributed by atoms with E-state index < -0.39 is 22.0 Å². The summed E-state index contributed by atoms with van der Waals surface area (Å²) in [6.07, 6.45) is 1.47. The van der Waals surface area contributed by atoms with Crippen LogP contribution in [-0.2, 0) is 9.53 Å². The number of carbonyl (C=O) groups excluding carboxylic acids is 1. The molecule has 0 aliphatic rings. The maximum absolute atomic E-state index is 13.4. The average molecular weight is 313 g/mol. The lowest BCUT2D eigenvalue weighted by Gasteiger charge is -2.19. The van der Waals surface area contributed by atoms with Crippen molar-refractivity contribution in [2.45, 2.75) is 45.6 Å². The highest BCUT2D eigenvalue weighted by atomic mass is 19.1. The largest absolute Gasteiger partial charge is 0.493 e. The molecule has 0 atom stereocenters. The summed E-state index contributed by atoms with van der Waals surface area (Å²) in [5.41, 5.74) is -1.08. The van der Waals surface area contributed by atoms with E-state index >= 15 is 0 Å². The first-order chi connectivity index (χ1) is 10.2. The summed E-state index contributed by atoms with van der Waals surface area (Å²) in [7, 11) is 0. The van der Waals surface area contributed by atoms with Gasteiger partial charge in [0, 0.05) is 18.6 Å². The number of benzene rings is 1. The number of halogens is 1. The summed E-state index contributed by atoms with van der Waals surface area (Å²) in [4.78, 5) is 21.1. The second-order valence-corrected chi connectivity index (χ2v) is 5.76. The van der Waals surface area contributed by atoms with Crippen molar-refractivity contribution in [2.24, 2.45) is 0 Å². The monoisotopic (exact) mass is 313 g/mol. The maximum Gasteiger partial charge on any atom is 0.306 e. The second kappa shape index (κ2) is 7.72. The fourth-order valence-corrected chi connectivity index (χ4v) is 1.68. The Morgan fingerprint density at radius 2 is 2.00 bits per heavy atom. The number of rotatable bonds is 7. The predicted octanol–water partition coefficient (Wildman–Crippen LogP) is 3.62. The van der Waals surface area contributed by atoms with Crippen LogP contribution >= 0.6 is 0 Å². The van der Waals surface area contributed by atoms with E-state index in [1.807, 2.05) is 0 Å². The molecule has 0 radical (unpaired) electrons. The first-order valence-electron chi connectivity index (χ1n) is 6.97. The van der Waals surface area contributed by atoms with Crippen molar-refractivity contribution in [1.29, 1.82) is 0 Å². The lowest BCUT2D eigenvalue weighted by Crippen LogP contribution is -2.23. The molecule has 0 heterocycles. The second-order valence-electron chi connectivity index (χ2n) is 5.76. The van der Waals surface area contributed by atoms with Crippen LogP contribution in [0.25, 0.3) is 0 Å². The van der Waals surface area contributed by atoms with Crippen LogP contribution in [0.15, 0.2) is 18.2 Å². The van der Waals surface area contributed by atoms with Crippen LogP contribution in [-0.4, -0.2) is 23.1 Å². The summed E-state index contributed by atoms with van der Waals surface area (Å²) in [6.45, 7) is 5.70. The lowest BCUT2D eigenvalue weighted by molar-refractivity contribution is -0.387. The third-order valence-electron chi connectivity index (χ3n) is 2.58. The molecule has 0 aliphatic carbocycles. The molecule has 0 aliphatic heterocycles. The Morgan fingerprint density at radius 3 is 2.55 bits per heavy atom. The van der Waals surface area contributed by atoms with Crippen LogP contribution in [0.3, 0.4) is 0 Å². The molecule has 0 amide bonds. The van der Waals surface area contributed by atoms with E-state index in [-0.39, 0.29) is 18.1 Å². The van der Waals surface area contributed by atoms with Crippen molar-refractivity contribution in [3.05, 3.63) is 34.1 Å². The summed E-state index contributed by atoms with van der Waals surface area (Å²) in [5, 5.41) is 10.5. The Balaban J connectivity index is 2.29. The van der Waals surface area contributed by atoms with Crippen molar-refractivity contribution in [2.75, 3.05) is 6.61 Å². The molecule has 1 aromatic carbocycles. The lowest BCUT2D eigenvalue weighted by atomic mass is 10.2. The number of nitro groups is 1. The van der Waals surface area contributed by atoms with Crippen molar-refractivity contribution in [3.8, 4) is 5.75 Å². The molecule has 0 saturated heterocycles. The zero-order valence-electron chi connectivity index (χ0n) is 12.9. The first-order valence-corrected chi connectivity index (χ1v) is 6.97. The summed E-state index contributed by atoms with van der Waals surface area (Å²) >= 11 is 0. The molecule has 0 unspecified atom stereocenters. The number of nitro benzene ring substituents is 1. The predicted molar refractivity (Wildman–Crippen MR) is 78.2 cm³/mol. The van der Waals surface area contributed by atoms with E-state index in [4.69, 9.17) is 9.47 Å². The molecule has 122 valence electrons. The fraction of sp³-hybridized carbons (Fsp3) is 0.533. The number of nitrogens with zero attached hydrogens (tertiary/aromatic N) is 1. The Bertz CT molecular complexity index is 539. The van der Waals surface area contributed by atoms with Gasteiger partial charge in [0.25, 0.3) is 0 Å². The summed E-state index contributed by atoms with van der Waals surface area (Å²) in [5.74, 6) is -0.981. The van der Waals surface area contributed by atoms with Crippen LogP contribution < -0.4 is 4.74 Å². The minimum atomic E-state index is -0.934. The maximum atomic E-state index is 13.4. The van der Waals surface area contributed by atoms with Crippen LogP contribution in [0, 0.1) is 15.9 Å². The minimum absolute atomic E-state index is 0.223. The van der Waals surface area contributed by atoms with Crippen LogP contribution in [0.1, 0.15) is 40.0 Å². The molecule has 0 bridgehead atoms. The standard InChI is InChI=1S/C15H20FNO5/c1-15(2,3)22-14(18)6-4-5-9-21-11-7-8-13(17(19)20)12(16)10-11/h7-8,10H,4-6,9H2,1-3H3. The highest BCUT2D eigenvalue weighted by Crippen LogP contribution is 2.22. The fourth-order valence-electron chi connectivity index (χ4n) is 1.68. The van der Waals surface area contributed by atoms with Gasteiger partial charge in [0.15, 0.2) is 0 Å². The van der Waals surface area contributed by atoms with Crippen LogP contribution in [0.2, 0.25) is 0 Å². The molecule has 22 heavy (non-hydrogen) atoms. The molecule has 0 fully saturated rings. The highest BCUT2D eigenvalue weighted by molar-refractivity contribution is 5.69. The summed E-state index contributed by atoms with van der Waals surface area (Å²) < 4.78 is 23.8. The molecular weight excluding hydrogens is 293 g/mol. The molecule has 6 nitrogen and oxygen atoms in total. The number of hydrogen-bond acceptors (Lipinski definition) is 5. The molecular formula is C15H20FNO5. The Hall–Kier alpha value is -2.18. The van der Waals surface area contributed by atoms with E-state index in [0.29, 0.717) is 19.4 Å². The number of unbranched alkanes of at least 4 members (excludes halogenated alkanes) is 1. The number of ether oxygens (including phenoxy) is 2. The van der Waals surface area contributed by atoms with Gasteiger partial charge in [0.1, 0.15) is 11.4 Å².